The van der Waals surface area contributed by atoms with Crippen LogP contribution in [-0.4, -0.2) is 0 Å². The highest BCUT2D eigenvalue weighted by Gasteiger charge is 2.09. The van der Waals surface area contributed by atoms with Gasteiger partial charge in [-0.15, -0.1) is 0 Å². The van der Waals surface area contributed by atoms with Crippen LogP contribution in [0.25, 0.3) is 54.6 Å². The van der Waals surface area contributed by atoms with Gasteiger partial charge in [0.25, 0.3) is 0 Å². The Hall–Kier alpha value is -3.90. The quantitative estimate of drug-likeness (QED) is 0.0432. The number of hydrogen-bond donors (Lipinski definition) is 0. The highest BCUT2D eigenvalue weighted by atomic mass is 14.1. The summed E-state index contributed by atoms with van der Waals surface area (Å²) < 4.78 is 0. The number of fused-ring (bicyclic) bond motifs is 5. The van der Waals surface area contributed by atoms with Crippen molar-refractivity contribution >= 4 is 32.3 Å². The summed E-state index contributed by atoms with van der Waals surface area (Å²) in [5, 5.41) is 7.95. The SMILES string of the molecule is CCCCCCCCCCCCc1ccc(-c2ccc3ccc4c5cc(-c6ccc(CCCCCCCCCCCC)cc6)ccc5ccc4c3c2)cc1. The lowest BCUT2D eigenvalue weighted by Gasteiger charge is -2.12. The smallest absolute Gasteiger partial charge is 0.00987 e. The maximum atomic E-state index is 2.41. The van der Waals surface area contributed by atoms with E-state index in [2.05, 4.69) is 123 Å². The molecule has 284 valence electrons. The van der Waals surface area contributed by atoms with Crippen molar-refractivity contribution in [2.45, 2.75) is 155 Å². The summed E-state index contributed by atoms with van der Waals surface area (Å²) in [6.45, 7) is 4.60. The van der Waals surface area contributed by atoms with E-state index >= 15 is 0 Å². The molecule has 0 atom stereocenters. The summed E-state index contributed by atoms with van der Waals surface area (Å²) in [5.74, 6) is 0. The van der Waals surface area contributed by atoms with Gasteiger partial charge in [0.2, 0.25) is 0 Å². The van der Waals surface area contributed by atoms with Gasteiger partial charge in [0.05, 0.1) is 0 Å². The van der Waals surface area contributed by atoms with Gasteiger partial charge in [0.1, 0.15) is 0 Å². The molecular formula is C54H68. The van der Waals surface area contributed by atoms with Crippen LogP contribution in [0, 0.1) is 0 Å². The van der Waals surface area contributed by atoms with Gasteiger partial charge in [0.15, 0.2) is 0 Å². The van der Waals surface area contributed by atoms with Crippen molar-refractivity contribution in [1.29, 1.82) is 0 Å². The highest BCUT2D eigenvalue weighted by molar-refractivity contribution is 6.18. The zero-order chi connectivity index (χ0) is 37.2. The van der Waals surface area contributed by atoms with E-state index in [1.54, 1.807) is 0 Å². The van der Waals surface area contributed by atoms with E-state index < -0.39 is 0 Å². The molecule has 0 bridgehead atoms. The fourth-order valence-electron chi connectivity index (χ4n) is 8.59. The van der Waals surface area contributed by atoms with Gasteiger partial charge in [-0.2, -0.15) is 0 Å². The summed E-state index contributed by atoms with van der Waals surface area (Å²) in [4.78, 5) is 0. The minimum absolute atomic E-state index is 1.19. The van der Waals surface area contributed by atoms with Crippen LogP contribution in [0.2, 0.25) is 0 Å². The highest BCUT2D eigenvalue weighted by Crippen LogP contribution is 2.36. The molecule has 54 heavy (non-hydrogen) atoms. The second-order valence-corrected chi connectivity index (χ2v) is 16.4. The molecule has 0 saturated carbocycles. The van der Waals surface area contributed by atoms with Crippen LogP contribution in [0.15, 0.2) is 109 Å². The first-order valence-electron chi connectivity index (χ1n) is 22.3. The van der Waals surface area contributed by atoms with Crippen molar-refractivity contribution in [2.75, 3.05) is 0 Å². The van der Waals surface area contributed by atoms with Crippen LogP contribution in [0.5, 0.6) is 0 Å². The first kappa shape index (κ1) is 39.8. The van der Waals surface area contributed by atoms with Gasteiger partial charge in [0, 0.05) is 0 Å². The molecule has 0 saturated heterocycles. The lowest BCUT2D eigenvalue weighted by Crippen LogP contribution is -1.88. The molecule has 0 fully saturated rings. The molecule has 0 radical (unpaired) electrons. The Morgan fingerprint density at radius 2 is 0.556 bits per heavy atom. The van der Waals surface area contributed by atoms with Crippen LogP contribution in [0.3, 0.4) is 0 Å². The number of hydrogen-bond acceptors (Lipinski definition) is 0. The van der Waals surface area contributed by atoms with Gasteiger partial charge in [-0.25, -0.2) is 0 Å². The molecular weight excluding hydrogens is 649 g/mol. The molecule has 0 heterocycles. The van der Waals surface area contributed by atoms with Gasteiger partial charge in [-0.05, 0) is 104 Å². The predicted molar refractivity (Wildman–Crippen MR) is 241 cm³/mol. The maximum absolute atomic E-state index is 2.41. The minimum Gasteiger partial charge on any atom is -0.0654 e. The lowest BCUT2D eigenvalue weighted by molar-refractivity contribution is 0.556. The van der Waals surface area contributed by atoms with Gasteiger partial charge >= 0.3 is 0 Å². The van der Waals surface area contributed by atoms with Gasteiger partial charge in [-0.3, -0.25) is 0 Å². The zero-order valence-corrected chi connectivity index (χ0v) is 33.9. The Labute approximate surface area is 328 Å². The molecule has 0 aromatic heterocycles. The largest absolute Gasteiger partial charge is 0.0654 e. The Balaban J connectivity index is 1.05. The fraction of sp³-hybridized carbons (Fsp3) is 0.444. The Morgan fingerprint density at radius 3 is 0.907 bits per heavy atom. The number of aryl methyl sites for hydroxylation is 2. The van der Waals surface area contributed by atoms with E-state index in [4.69, 9.17) is 0 Å². The molecule has 6 aromatic rings. The van der Waals surface area contributed by atoms with E-state index in [-0.39, 0.29) is 0 Å². The maximum Gasteiger partial charge on any atom is -0.00987 e. The third-order valence-corrected chi connectivity index (χ3v) is 12.0. The zero-order valence-electron chi connectivity index (χ0n) is 33.9. The van der Waals surface area contributed by atoms with Crippen LogP contribution in [0.4, 0.5) is 0 Å². The second-order valence-electron chi connectivity index (χ2n) is 16.4. The number of unbranched alkanes of at least 4 members (excludes halogenated alkanes) is 18. The van der Waals surface area contributed by atoms with Crippen molar-refractivity contribution in [3.8, 4) is 22.3 Å². The molecule has 6 rings (SSSR count). The Kier molecular flexibility index (Phi) is 16.1. The van der Waals surface area contributed by atoms with Crippen LogP contribution in [-0.2, 0) is 12.8 Å². The molecule has 0 unspecified atom stereocenters. The van der Waals surface area contributed by atoms with Crippen LogP contribution < -0.4 is 0 Å². The predicted octanol–water partition coefficient (Wildman–Crippen LogP) is 17.4. The van der Waals surface area contributed by atoms with Crippen molar-refractivity contribution in [3.63, 3.8) is 0 Å². The molecule has 0 nitrogen and oxygen atoms in total. The number of rotatable bonds is 24. The molecule has 0 aliphatic rings. The summed E-state index contributed by atoms with van der Waals surface area (Å²) in [5.41, 5.74) is 8.14. The first-order chi connectivity index (χ1) is 26.7. The van der Waals surface area contributed by atoms with E-state index in [1.165, 1.54) is 207 Å². The van der Waals surface area contributed by atoms with Crippen LogP contribution >= 0.6 is 0 Å². The average molecular weight is 717 g/mol. The lowest BCUT2D eigenvalue weighted by atomic mass is 9.92. The average Bonchev–Trinajstić information content (AvgIpc) is 3.22. The van der Waals surface area contributed by atoms with E-state index in [1.807, 2.05) is 0 Å². The normalized spacial score (nSPS) is 11.7. The Morgan fingerprint density at radius 1 is 0.259 bits per heavy atom. The summed E-state index contributed by atoms with van der Waals surface area (Å²) in [7, 11) is 0. The molecule has 0 N–H and O–H groups in total. The van der Waals surface area contributed by atoms with Gasteiger partial charge < -0.3 is 0 Å². The van der Waals surface area contributed by atoms with E-state index in [9.17, 15) is 0 Å². The topological polar surface area (TPSA) is 0 Å². The Bertz CT molecular complexity index is 1830. The van der Waals surface area contributed by atoms with Crippen molar-refractivity contribution in [1.82, 2.24) is 0 Å². The second kappa shape index (κ2) is 21.9. The van der Waals surface area contributed by atoms with Gasteiger partial charge in [-0.1, -0.05) is 226 Å². The van der Waals surface area contributed by atoms with Crippen molar-refractivity contribution < 1.29 is 0 Å². The van der Waals surface area contributed by atoms with E-state index in [0.717, 1.165) is 0 Å². The summed E-state index contributed by atoms with van der Waals surface area (Å²) >= 11 is 0. The molecule has 0 spiro atoms. The molecule has 0 amide bonds. The van der Waals surface area contributed by atoms with Crippen molar-refractivity contribution in [3.05, 3.63) is 120 Å². The summed E-state index contributed by atoms with van der Waals surface area (Å²) in [6.07, 6.45) is 30.2. The third kappa shape index (κ3) is 11.6. The molecule has 6 aromatic carbocycles. The number of benzene rings is 6. The van der Waals surface area contributed by atoms with Crippen molar-refractivity contribution in [2.24, 2.45) is 0 Å². The minimum atomic E-state index is 1.19. The molecule has 0 aliphatic heterocycles. The fourth-order valence-corrected chi connectivity index (χ4v) is 8.59. The molecule has 0 heteroatoms. The monoisotopic (exact) mass is 717 g/mol. The van der Waals surface area contributed by atoms with Crippen LogP contribution in [0.1, 0.15) is 153 Å². The standard InChI is InChI=1S/C54H68/c1-3-5-7-9-11-13-15-17-19-21-23-43-25-29-45(30-26-43)49-35-33-47-37-40-52-51(53(47)41-49)39-38-48-34-36-50(42-54(48)52)46-31-27-44(28-32-46)24-22-20-18-16-14-12-10-8-6-4-2/h25-42H,3-24H2,1-2H3. The molecule has 0 aliphatic carbocycles. The summed E-state index contributed by atoms with van der Waals surface area (Å²) in [6, 6.07) is 42.1. The van der Waals surface area contributed by atoms with E-state index in [0.29, 0.717) is 0 Å². The first-order valence-corrected chi connectivity index (χ1v) is 22.3. The third-order valence-electron chi connectivity index (χ3n) is 12.0.